The van der Waals surface area contributed by atoms with E-state index in [-0.39, 0.29) is 11.6 Å². The number of nitrogen functional groups attached to an aromatic ring is 1. The molecule has 4 nitrogen and oxygen atoms in total. The van der Waals surface area contributed by atoms with Crippen molar-refractivity contribution in [3.8, 4) is 11.1 Å². The Morgan fingerprint density at radius 2 is 1.62 bits per heavy atom. The van der Waals surface area contributed by atoms with Gasteiger partial charge in [-0.05, 0) is 26.3 Å². The molecule has 144 valence electrons. The third-order valence-electron chi connectivity index (χ3n) is 4.99. The Labute approximate surface area is 173 Å². The predicted molar refractivity (Wildman–Crippen MR) is 119 cm³/mol. The topological polar surface area (TPSA) is 73.0 Å². The summed E-state index contributed by atoms with van der Waals surface area (Å²) in [4.78, 5) is 31.3. The first kappa shape index (κ1) is 19.0. The van der Waals surface area contributed by atoms with Crippen molar-refractivity contribution in [3.63, 3.8) is 0 Å². The third kappa shape index (κ3) is 3.23. The molecule has 0 aliphatic rings. The molecule has 0 saturated heterocycles. The Morgan fingerprint density at radius 1 is 0.966 bits per heavy atom. The molecule has 0 radical (unpaired) electrons. The summed E-state index contributed by atoms with van der Waals surface area (Å²) in [7, 11) is 0. The zero-order chi connectivity index (χ0) is 20.7. The lowest BCUT2D eigenvalue weighted by molar-refractivity contribution is 0.101. The van der Waals surface area contributed by atoms with Gasteiger partial charge in [-0.15, -0.1) is 11.3 Å². The van der Waals surface area contributed by atoms with Gasteiger partial charge in [0.05, 0.1) is 11.4 Å². The molecule has 0 saturated carbocycles. The van der Waals surface area contributed by atoms with Gasteiger partial charge in [-0.3, -0.25) is 9.59 Å². The maximum absolute atomic E-state index is 13.1. The number of Topliss-reactive ketones (excluding diaryl/α,β-unsaturated/α-hetero) is 1. The number of rotatable bonds is 4. The highest BCUT2D eigenvalue weighted by atomic mass is 32.1. The first-order valence-electron chi connectivity index (χ1n) is 9.28. The lowest BCUT2D eigenvalue weighted by atomic mass is 9.93. The Balaban J connectivity index is 2.02. The van der Waals surface area contributed by atoms with Crippen LogP contribution in [0.4, 0.5) is 5.69 Å². The summed E-state index contributed by atoms with van der Waals surface area (Å²) in [5, 5.41) is 0.674. The number of anilines is 1. The number of hydrogen-bond donors (Lipinski definition) is 1. The maximum atomic E-state index is 13.1. The molecule has 0 aliphatic carbocycles. The van der Waals surface area contributed by atoms with Gasteiger partial charge in [-0.25, -0.2) is 4.98 Å². The lowest BCUT2D eigenvalue weighted by Crippen LogP contribution is -2.04. The highest BCUT2D eigenvalue weighted by Crippen LogP contribution is 2.42. The van der Waals surface area contributed by atoms with E-state index in [9.17, 15) is 9.59 Å². The van der Waals surface area contributed by atoms with Crippen molar-refractivity contribution in [2.45, 2.75) is 20.8 Å². The van der Waals surface area contributed by atoms with Crippen LogP contribution in [0.2, 0.25) is 0 Å². The van der Waals surface area contributed by atoms with Crippen LogP contribution >= 0.6 is 11.3 Å². The van der Waals surface area contributed by atoms with Crippen molar-refractivity contribution >= 4 is 38.8 Å². The van der Waals surface area contributed by atoms with E-state index in [1.54, 1.807) is 12.1 Å². The van der Waals surface area contributed by atoms with E-state index in [1.807, 2.05) is 56.3 Å². The second-order valence-electron chi connectivity index (χ2n) is 7.09. The van der Waals surface area contributed by atoms with Crippen molar-refractivity contribution in [2.24, 2.45) is 0 Å². The summed E-state index contributed by atoms with van der Waals surface area (Å²) < 4.78 is 0. The molecule has 0 fully saturated rings. The van der Waals surface area contributed by atoms with Gasteiger partial charge in [-0.1, -0.05) is 60.2 Å². The molecule has 2 aromatic heterocycles. The van der Waals surface area contributed by atoms with E-state index >= 15 is 0 Å². The minimum absolute atomic E-state index is 0.0761. The lowest BCUT2D eigenvalue weighted by Gasteiger charge is -2.12. The summed E-state index contributed by atoms with van der Waals surface area (Å²) in [6.45, 7) is 5.33. The fraction of sp³-hybridized carbons (Fsp3) is 0.125. The van der Waals surface area contributed by atoms with Crippen LogP contribution in [0.25, 0.3) is 21.3 Å². The maximum Gasteiger partial charge on any atom is 0.205 e. The molecule has 2 N–H and O–H groups in total. The average Bonchev–Trinajstić information content (AvgIpc) is 3.03. The largest absolute Gasteiger partial charge is 0.397 e. The van der Waals surface area contributed by atoms with Gasteiger partial charge in [0.25, 0.3) is 0 Å². The number of ketones is 2. The standard InChI is InChI=1S/C24H20N2O2S/c1-13-9-11-17(12-10-13)22(28)23-21(25)20-19(16-7-5-4-6-8-16)18(15(3)27)14(2)26-24(20)29-23/h4-12H,25H2,1-3H3. The SMILES string of the molecule is CC(=O)c1c(C)nc2sc(C(=O)c3ccc(C)cc3)c(N)c2c1-c1ccccc1. The van der Waals surface area contributed by atoms with E-state index in [2.05, 4.69) is 4.98 Å². The van der Waals surface area contributed by atoms with Crippen LogP contribution in [0, 0.1) is 13.8 Å². The third-order valence-corrected chi connectivity index (χ3v) is 6.09. The quantitative estimate of drug-likeness (QED) is 0.453. The van der Waals surface area contributed by atoms with Crippen LogP contribution in [-0.4, -0.2) is 16.6 Å². The van der Waals surface area contributed by atoms with Gasteiger partial charge >= 0.3 is 0 Å². The Bertz CT molecular complexity index is 1260. The highest BCUT2D eigenvalue weighted by Gasteiger charge is 2.25. The van der Waals surface area contributed by atoms with E-state index in [1.165, 1.54) is 18.3 Å². The van der Waals surface area contributed by atoms with E-state index < -0.39 is 0 Å². The number of fused-ring (bicyclic) bond motifs is 1. The molecular weight excluding hydrogens is 380 g/mol. The summed E-state index contributed by atoms with van der Waals surface area (Å²) in [5.74, 6) is -0.209. The van der Waals surface area contributed by atoms with Crippen LogP contribution in [0.1, 0.15) is 43.8 Å². The fourth-order valence-electron chi connectivity index (χ4n) is 3.59. The summed E-state index contributed by atoms with van der Waals surface area (Å²) in [5.41, 5.74) is 11.4. The number of carbonyl (C=O) groups excluding carboxylic acids is 2. The molecule has 5 heteroatoms. The van der Waals surface area contributed by atoms with E-state index in [0.717, 1.165) is 16.7 Å². The molecule has 0 amide bonds. The molecule has 0 spiro atoms. The zero-order valence-corrected chi connectivity index (χ0v) is 17.3. The van der Waals surface area contributed by atoms with Crippen molar-refractivity contribution in [3.05, 3.63) is 81.9 Å². The molecule has 0 bridgehead atoms. The van der Waals surface area contributed by atoms with Crippen LogP contribution in [0.5, 0.6) is 0 Å². The van der Waals surface area contributed by atoms with Gasteiger partial charge in [0, 0.05) is 22.1 Å². The van der Waals surface area contributed by atoms with Gasteiger partial charge in [0.2, 0.25) is 5.78 Å². The van der Waals surface area contributed by atoms with Crippen LogP contribution in [0.3, 0.4) is 0 Å². The number of thiophene rings is 1. The van der Waals surface area contributed by atoms with Crippen molar-refractivity contribution in [2.75, 3.05) is 5.73 Å². The molecule has 0 unspecified atom stereocenters. The molecular formula is C24H20N2O2S. The van der Waals surface area contributed by atoms with Gasteiger partial charge < -0.3 is 5.73 Å². The van der Waals surface area contributed by atoms with Gasteiger partial charge in [0.1, 0.15) is 9.71 Å². The minimum atomic E-state index is -0.133. The first-order chi connectivity index (χ1) is 13.9. The number of aromatic nitrogens is 1. The monoisotopic (exact) mass is 400 g/mol. The normalized spacial score (nSPS) is 11.0. The van der Waals surface area contributed by atoms with Crippen LogP contribution in [-0.2, 0) is 0 Å². The van der Waals surface area contributed by atoms with Crippen LogP contribution < -0.4 is 5.73 Å². The van der Waals surface area contributed by atoms with E-state index in [0.29, 0.717) is 37.6 Å². The number of nitrogens with zero attached hydrogens (tertiary/aromatic N) is 1. The number of aryl methyl sites for hydroxylation is 2. The van der Waals surface area contributed by atoms with Crippen molar-refractivity contribution in [1.29, 1.82) is 0 Å². The number of pyridine rings is 1. The van der Waals surface area contributed by atoms with Crippen LogP contribution in [0.15, 0.2) is 54.6 Å². The predicted octanol–water partition coefficient (Wildman–Crippen LogP) is 5.60. The number of hydrogen-bond acceptors (Lipinski definition) is 5. The van der Waals surface area contributed by atoms with Crippen molar-refractivity contribution in [1.82, 2.24) is 4.98 Å². The van der Waals surface area contributed by atoms with Crippen molar-refractivity contribution < 1.29 is 9.59 Å². The fourth-order valence-corrected chi connectivity index (χ4v) is 4.71. The minimum Gasteiger partial charge on any atom is -0.397 e. The number of nitrogens with two attached hydrogens (primary N) is 1. The second kappa shape index (κ2) is 7.26. The smallest absolute Gasteiger partial charge is 0.205 e. The molecule has 4 aromatic rings. The highest BCUT2D eigenvalue weighted by molar-refractivity contribution is 7.21. The summed E-state index contributed by atoms with van der Waals surface area (Å²) >= 11 is 1.28. The first-order valence-corrected chi connectivity index (χ1v) is 10.1. The van der Waals surface area contributed by atoms with Gasteiger partial charge in [0.15, 0.2) is 5.78 Å². The summed E-state index contributed by atoms with van der Waals surface area (Å²) in [6.07, 6.45) is 0. The molecule has 2 heterocycles. The average molecular weight is 401 g/mol. The molecule has 29 heavy (non-hydrogen) atoms. The van der Waals surface area contributed by atoms with E-state index in [4.69, 9.17) is 5.73 Å². The Kier molecular flexibility index (Phi) is 4.76. The Hall–Kier alpha value is -3.31. The van der Waals surface area contributed by atoms with Gasteiger partial charge in [-0.2, -0.15) is 0 Å². The zero-order valence-electron chi connectivity index (χ0n) is 16.4. The Morgan fingerprint density at radius 3 is 2.24 bits per heavy atom. The molecule has 2 aromatic carbocycles. The molecule has 0 aliphatic heterocycles. The summed E-state index contributed by atoms with van der Waals surface area (Å²) in [6, 6.07) is 17.1. The molecule has 0 atom stereocenters. The number of carbonyl (C=O) groups is 2. The second-order valence-corrected chi connectivity index (χ2v) is 8.09. The number of benzene rings is 2. The molecule has 4 rings (SSSR count).